The Morgan fingerprint density at radius 3 is 2.91 bits per heavy atom. The van der Waals surface area contributed by atoms with Crippen molar-refractivity contribution >= 4 is 22.6 Å². The molecule has 0 unspecified atom stereocenters. The van der Waals surface area contributed by atoms with Gasteiger partial charge in [-0.25, -0.2) is 0 Å². The summed E-state index contributed by atoms with van der Waals surface area (Å²) in [5.41, 5.74) is 0. The van der Waals surface area contributed by atoms with Gasteiger partial charge in [0.2, 0.25) is 0 Å². The van der Waals surface area contributed by atoms with Gasteiger partial charge in [-0.3, -0.25) is 4.68 Å². The van der Waals surface area contributed by atoms with E-state index < -0.39 is 0 Å². The van der Waals surface area contributed by atoms with E-state index in [0.29, 0.717) is 0 Å². The molecule has 62 valence electrons. The van der Waals surface area contributed by atoms with Crippen LogP contribution in [-0.2, 0) is 6.54 Å². The number of aryl methyl sites for hydroxylation is 1. The predicted molar refractivity (Wildman–Crippen MR) is 54.5 cm³/mol. The van der Waals surface area contributed by atoms with Crippen molar-refractivity contribution in [3.05, 3.63) is 16.0 Å². The van der Waals surface area contributed by atoms with E-state index in [1.54, 1.807) is 0 Å². The fourth-order valence-corrected chi connectivity index (χ4v) is 1.43. The Labute approximate surface area is 81.1 Å². The van der Waals surface area contributed by atoms with Crippen LogP contribution < -0.4 is 0 Å². The summed E-state index contributed by atoms with van der Waals surface area (Å²) in [6.45, 7) is 3.28. The van der Waals surface area contributed by atoms with Crippen molar-refractivity contribution in [3.63, 3.8) is 0 Å². The van der Waals surface area contributed by atoms with Crippen molar-refractivity contribution in [1.29, 1.82) is 0 Å². The molecule has 0 fully saturated rings. The molecule has 1 aromatic rings. The minimum atomic E-state index is 1.07. The van der Waals surface area contributed by atoms with Crippen LogP contribution in [0.5, 0.6) is 0 Å². The Hall–Kier alpha value is -0.0600. The van der Waals surface area contributed by atoms with Crippen LogP contribution in [-0.4, -0.2) is 9.78 Å². The van der Waals surface area contributed by atoms with Crippen LogP contribution in [0.1, 0.15) is 26.2 Å². The second kappa shape index (κ2) is 4.74. The molecule has 0 aliphatic carbocycles. The van der Waals surface area contributed by atoms with Gasteiger partial charge in [-0.1, -0.05) is 19.8 Å². The standard InChI is InChI=1S/C8H13IN2/c1-2-3-4-5-11-7-8(9)6-10-11/h6-7H,2-5H2,1H3. The van der Waals surface area contributed by atoms with Crippen LogP contribution in [0, 0.1) is 3.57 Å². The Bertz CT molecular complexity index is 208. The SMILES string of the molecule is CCCCCn1cc(I)cn1. The molecule has 2 nitrogen and oxygen atoms in total. The highest BCUT2D eigenvalue weighted by Gasteiger charge is 1.93. The number of hydrogen-bond donors (Lipinski definition) is 0. The van der Waals surface area contributed by atoms with Crippen molar-refractivity contribution in [1.82, 2.24) is 9.78 Å². The van der Waals surface area contributed by atoms with E-state index in [-0.39, 0.29) is 0 Å². The predicted octanol–water partition coefficient (Wildman–Crippen LogP) is 2.68. The van der Waals surface area contributed by atoms with E-state index in [1.807, 2.05) is 10.9 Å². The molecule has 0 saturated heterocycles. The lowest BCUT2D eigenvalue weighted by Crippen LogP contribution is -1.97. The third kappa shape index (κ3) is 3.22. The van der Waals surface area contributed by atoms with Crippen molar-refractivity contribution in [3.8, 4) is 0 Å². The Morgan fingerprint density at radius 2 is 2.36 bits per heavy atom. The molecule has 3 heteroatoms. The first kappa shape index (κ1) is 9.03. The van der Waals surface area contributed by atoms with Crippen LogP contribution in [0.15, 0.2) is 12.4 Å². The second-order valence-electron chi connectivity index (χ2n) is 2.63. The van der Waals surface area contributed by atoms with Gasteiger partial charge in [0.1, 0.15) is 0 Å². The van der Waals surface area contributed by atoms with Crippen LogP contribution in [0.2, 0.25) is 0 Å². The largest absolute Gasteiger partial charge is 0.272 e. The molecule has 0 aliphatic rings. The van der Waals surface area contributed by atoms with Crippen molar-refractivity contribution in [2.75, 3.05) is 0 Å². The van der Waals surface area contributed by atoms with E-state index in [2.05, 4.69) is 40.8 Å². The summed E-state index contributed by atoms with van der Waals surface area (Å²) in [6.07, 6.45) is 7.80. The van der Waals surface area contributed by atoms with Gasteiger partial charge < -0.3 is 0 Å². The quantitative estimate of drug-likeness (QED) is 0.604. The second-order valence-corrected chi connectivity index (χ2v) is 3.87. The molecule has 0 bridgehead atoms. The third-order valence-electron chi connectivity index (χ3n) is 1.59. The fraction of sp³-hybridized carbons (Fsp3) is 0.625. The highest BCUT2D eigenvalue weighted by molar-refractivity contribution is 14.1. The maximum Gasteiger partial charge on any atom is 0.0623 e. The summed E-state index contributed by atoms with van der Waals surface area (Å²) in [5.74, 6) is 0. The topological polar surface area (TPSA) is 17.8 Å². The third-order valence-corrected chi connectivity index (χ3v) is 2.15. The number of unbranched alkanes of at least 4 members (excludes halogenated alkanes) is 2. The van der Waals surface area contributed by atoms with E-state index in [1.165, 1.54) is 22.8 Å². The lowest BCUT2D eigenvalue weighted by atomic mass is 10.2. The van der Waals surface area contributed by atoms with E-state index in [4.69, 9.17) is 0 Å². The van der Waals surface area contributed by atoms with Crippen LogP contribution in [0.4, 0.5) is 0 Å². The zero-order chi connectivity index (χ0) is 8.10. The molecule has 0 amide bonds. The van der Waals surface area contributed by atoms with E-state index in [0.717, 1.165) is 6.54 Å². The highest BCUT2D eigenvalue weighted by atomic mass is 127. The van der Waals surface area contributed by atoms with Gasteiger partial charge in [0.25, 0.3) is 0 Å². The highest BCUT2D eigenvalue weighted by Crippen LogP contribution is 2.03. The normalized spacial score (nSPS) is 10.4. The molecule has 0 aromatic carbocycles. The lowest BCUT2D eigenvalue weighted by molar-refractivity contribution is 0.553. The van der Waals surface area contributed by atoms with Gasteiger partial charge in [-0.2, -0.15) is 5.10 Å². The Kier molecular flexibility index (Phi) is 3.90. The molecular weight excluding hydrogens is 251 g/mol. The smallest absolute Gasteiger partial charge is 0.0623 e. The van der Waals surface area contributed by atoms with Crippen molar-refractivity contribution in [2.24, 2.45) is 0 Å². The van der Waals surface area contributed by atoms with Gasteiger partial charge in [-0.15, -0.1) is 0 Å². The average molecular weight is 264 g/mol. The van der Waals surface area contributed by atoms with Gasteiger partial charge in [0, 0.05) is 12.7 Å². The summed E-state index contributed by atoms with van der Waals surface area (Å²) in [4.78, 5) is 0. The Morgan fingerprint density at radius 1 is 1.55 bits per heavy atom. The van der Waals surface area contributed by atoms with Gasteiger partial charge in [0.15, 0.2) is 0 Å². The maximum absolute atomic E-state index is 4.20. The molecular formula is C8H13IN2. The molecule has 0 N–H and O–H groups in total. The number of halogens is 1. The first-order chi connectivity index (χ1) is 5.33. The van der Waals surface area contributed by atoms with E-state index >= 15 is 0 Å². The summed E-state index contributed by atoms with van der Waals surface area (Å²) in [5, 5.41) is 4.20. The molecule has 11 heavy (non-hydrogen) atoms. The molecule has 1 rings (SSSR count). The summed E-state index contributed by atoms with van der Waals surface area (Å²) >= 11 is 2.28. The Balaban J connectivity index is 2.27. The minimum absolute atomic E-state index is 1.07. The zero-order valence-electron chi connectivity index (χ0n) is 6.76. The van der Waals surface area contributed by atoms with Gasteiger partial charge >= 0.3 is 0 Å². The first-order valence-corrected chi connectivity index (χ1v) is 5.08. The lowest BCUT2D eigenvalue weighted by Gasteiger charge is -1.98. The van der Waals surface area contributed by atoms with Crippen molar-refractivity contribution < 1.29 is 0 Å². The van der Waals surface area contributed by atoms with Crippen molar-refractivity contribution in [2.45, 2.75) is 32.7 Å². The van der Waals surface area contributed by atoms with Gasteiger partial charge in [-0.05, 0) is 29.0 Å². The van der Waals surface area contributed by atoms with Crippen LogP contribution in [0.3, 0.4) is 0 Å². The number of rotatable bonds is 4. The van der Waals surface area contributed by atoms with E-state index in [9.17, 15) is 0 Å². The monoisotopic (exact) mass is 264 g/mol. The number of aromatic nitrogens is 2. The summed E-state index contributed by atoms with van der Waals surface area (Å²) in [6, 6.07) is 0. The molecule has 1 aromatic heterocycles. The van der Waals surface area contributed by atoms with Crippen LogP contribution in [0.25, 0.3) is 0 Å². The molecule has 0 saturated carbocycles. The number of hydrogen-bond acceptors (Lipinski definition) is 1. The molecule has 0 aliphatic heterocycles. The minimum Gasteiger partial charge on any atom is -0.272 e. The maximum atomic E-state index is 4.20. The fourth-order valence-electron chi connectivity index (χ4n) is 0.984. The zero-order valence-corrected chi connectivity index (χ0v) is 8.91. The van der Waals surface area contributed by atoms with Gasteiger partial charge in [0.05, 0.1) is 9.77 Å². The summed E-state index contributed by atoms with van der Waals surface area (Å²) in [7, 11) is 0. The number of nitrogens with zero attached hydrogens (tertiary/aromatic N) is 2. The molecule has 0 radical (unpaired) electrons. The average Bonchev–Trinajstić information content (AvgIpc) is 2.37. The molecule has 0 spiro atoms. The first-order valence-electron chi connectivity index (χ1n) is 4.01. The molecule has 1 heterocycles. The van der Waals surface area contributed by atoms with Crippen LogP contribution >= 0.6 is 22.6 Å². The molecule has 0 atom stereocenters. The summed E-state index contributed by atoms with van der Waals surface area (Å²) < 4.78 is 3.23.